The van der Waals surface area contributed by atoms with Gasteiger partial charge in [-0.2, -0.15) is 0 Å². The summed E-state index contributed by atoms with van der Waals surface area (Å²) in [6, 6.07) is 5.71. The summed E-state index contributed by atoms with van der Waals surface area (Å²) in [7, 11) is 3.23. The first-order valence-corrected chi connectivity index (χ1v) is 9.41. The van der Waals surface area contributed by atoms with Crippen molar-refractivity contribution in [2.24, 2.45) is 10.7 Å². The van der Waals surface area contributed by atoms with Crippen LogP contribution < -0.4 is 20.5 Å². The molecule has 0 saturated heterocycles. The molecule has 0 saturated carbocycles. The minimum absolute atomic E-state index is 0.0935. The molecular formula is C19H28N4O2S. The fraction of sp³-hybridized carbons (Fsp3) is 0.474. The molecule has 0 atom stereocenters. The zero-order chi connectivity index (χ0) is 19.2. The Labute approximate surface area is 159 Å². The Balaban J connectivity index is 1.84. The zero-order valence-corrected chi connectivity index (χ0v) is 16.9. The van der Waals surface area contributed by atoms with Crippen LogP contribution in [0.1, 0.15) is 37.0 Å². The lowest BCUT2D eigenvalue weighted by molar-refractivity contribution is 0.354. The Bertz CT molecular complexity index is 750. The van der Waals surface area contributed by atoms with Gasteiger partial charge in [-0.15, -0.1) is 11.3 Å². The van der Waals surface area contributed by atoms with E-state index in [1.54, 1.807) is 25.6 Å². The summed E-state index contributed by atoms with van der Waals surface area (Å²) in [5.41, 5.74) is 8.13. The lowest BCUT2D eigenvalue weighted by Crippen LogP contribution is -2.33. The maximum Gasteiger partial charge on any atom is 0.188 e. The van der Waals surface area contributed by atoms with Crippen LogP contribution in [0.2, 0.25) is 0 Å². The second-order valence-corrected chi connectivity index (χ2v) is 7.82. The number of aromatic nitrogens is 1. The molecule has 1 aromatic heterocycles. The number of nitrogens with two attached hydrogens (primary N) is 1. The van der Waals surface area contributed by atoms with Crippen LogP contribution in [0.3, 0.4) is 0 Å². The van der Waals surface area contributed by atoms with Crippen molar-refractivity contribution >= 4 is 17.3 Å². The molecule has 0 aliphatic heterocycles. The predicted molar refractivity (Wildman–Crippen MR) is 107 cm³/mol. The normalized spacial score (nSPS) is 12.1. The molecule has 7 heteroatoms. The van der Waals surface area contributed by atoms with Gasteiger partial charge in [0, 0.05) is 23.8 Å². The highest BCUT2D eigenvalue weighted by atomic mass is 32.1. The fourth-order valence-electron chi connectivity index (χ4n) is 2.30. The highest BCUT2D eigenvalue weighted by Gasteiger charge is 2.17. The molecule has 26 heavy (non-hydrogen) atoms. The summed E-state index contributed by atoms with van der Waals surface area (Å²) in [5.74, 6) is 1.81. The molecular weight excluding hydrogens is 348 g/mol. The second-order valence-electron chi connectivity index (χ2n) is 6.96. The lowest BCUT2D eigenvalue weighted by atomic mass is 9.98. The van der Waals surface area contributed by atoms with Gasteiger partial charge >= 0.3 is 0 Å². The molecule has 1 heterocycles. The summed E-state index contributed by atoms with van der Waals surface area (Å²) in [6.07, 6.45) is 0.819. The van der Waals surface area contributed by atoms with Crippen molar-refractivity contribution in [3.63, 3.8) is 0 Å². The molecule has 0 bridgehead atoms. The van der Waals surface area contributed by atoms with Gasteiger partial charge in [0.1, 0.15) is 0 Å². The van der Waals surface area contributed by atoms with Crippen molar-refractivity contribution in [2.75, 3.05) is 20.8 Å². The van der Waals surface area contributed by atoms with Crippen LogP contribution in [-0.4, -0.2) is 31.7 Å². The molecule has 0 spiro atoms. The van der Waals surface area contributed by atoms with E-state index in [1.807, 2.05) is 18.2 Å². The van der Waals surface area contributed by atoms with E-state index >= 15 is 0 Å². The van der Waals surface area contributed by atoms with Crippen molar-refractivity contribution in [1.82, 2.24) is 10.3 Å². The highest BCUT2D eigenvalue weighted by Crippen LogP contribution is 2.28. The van der Waals surface area contributed by atoms with E-state index in [-0.39, 0.29) is 5.41 Å². The zero-order valence-electron chi connectivity index (χ0n) is 16.1. The minimum Gasteiger partial charge on any atom is -0.493 e. The Morgan fingerprint density at radius 1 is 1.23 bits per heavy atom. The number of hydrogen-bond acceptors (Lipinski definition) is 5. The Morgan fingerprint density at radius 3 is 2.58 bits per heavy atom. The van der Waals surface area contributed by atoms with E-state index in [0.717, 1.165) is 22.7 Å². The fourth-order valence-corrected chi connectivity index (χ4v) is 3.24. The van der Waals surface area contributed by atoms with E-state index in [4.69, 9.17) is 15.2 Å². The molecule has 142 valence electrons. The SMILES string of the molecule is COc1ccc(CN=C(N)NCCc2csc(C(C)(C)C)n2)cc1OC. The van der Waals surface area contributed by atoms with Gasteiger partial charge in [-0.25, -0.2) is 9.98 Å². The van der Waals surface area contributed by atoms with E-state index < -0.39 is 0 Å². The van der Waals surface area contributed by atoms with Crippen molar-refractivity contribution in [3.05, 3.63) is 39.8 Å². The van der Waals surface area contributed by atoms with Gasteiger partial charge in [0.15, 0.2) is 17.5 Å². The van der Waals surface area contributed by atoms with E-state index in [2.05, 4.69) is 41.4 Å². The third-order valence-electron chi connectivity index (χ3n) is 3.76. The van der Waals surface area contributed by atoms with Gasteiger partial charge in [0.25, 0.3) is 0 Å². The van der Waals surface area contributed by atoms with E-state index in [9.17, 15) is 0 Å². The van der Waals surface area contributed by atoms with E-state index in [0.29, 0.717) is 30.5 Å². The summed E-state index contributed by atoms with van der Waals surface area (Å²) in [5, 5.41) is 6.40. The number of aliphatic imine (C=N–C) groups is 1. The maximum atomic E-state index is 5.95. The summed E-state index contributed by atoms with van der Waals surface area (Å²) in [6.45, 7) is 7.70. The lowest BCUT2D eigenvalue weighted by Gasteiger charge is -2.13. The molecule has 0 radical (unpaired) electrons. The number of thiazole rings is 1. The molecule has 3 N–H and O–H groups in total. The number of hydrogen-bond donors (Lipinski definition) is 2. The topological polar surface area (TPSA) is 81.8 Å². The molecule has 6 nitrogen and oxygen atoms in total. The number of ether oxygens (including phenoxy) is 2. The quantitative estimate of drug-likeness (QED) is 0.573. The second kappa shape index (κ2) is 8.89. The van der Waals surface area contributed by atoms with Gasteiger partial charge in [0.2, 0.25) is 0 Å². The van der Waals surface area contributed by atoms with Crippen molar-refractivity contribution in [1.29, 1.82) is 0 Å². The number of nitrogens with one attached hydrogen (secondary N) is 1. The first-order valence-electron chi connectivity index (χ1n) is 8.53. The third-order valence-corrected chi connectivity index (χ3v) is 5.08. The van der Waals surface area contributed by atoms with Crippen LogP contribution in [0, 0.1) is 0 Å². The number of guanidine groups is 1. The van der Waals surface area contributed by atoms with Crippen LogP contribution in [0.15, 0.2) is 28.6 Å². The van der Waals surface area contributed by atoms with Crippen LogP contribution >= 0.6 is 11.3 Å². The monoisotopic (exact) mass is 376 g/mol. The van der Waals surface area contributed by atoms with Crippen molar-refractivity contribution < 1.29 is 9.47 Å². The molecule has 0 unspecified atom stereocenters. The van der Waals surface area contributed by atoms with Gasteiger partial charge in [-0.1, -0.05) is 26.8 Å². The first-order chi connectivity index (χ1) is 12.3. The van der Waals surface area contributed by atoms with Crippen molar-refractivity contribution in [3.8, 4) is 11.5 Å². The standard InChI is InChI=1S/C19H28N4O2S/c1-19(2,3)17-23-14(12-26-17)8-9-21-18(20)22-11-13-6-7-15(24-4)16(10-13)25-5/h6-7,10,12H,8-9,11H2,1-5H3,(H3,20,21,22). The minimum atomic E-state index is 0.0935. The number of nitrogens with zero attached hydrogens (tertiary/aromatic N) is 2. The number of benzene rings is 1. The number of methoxy groups -OCH3 is 2. The predicted octanol–water partition coefficient (Wildman–Crippen LogP) is 3.10. The molecule has 2 aromatic rings. The highest BCUT2D eigenvalue weighted by molar-refractivity contribution is 7.09. The average Bonchev–Trinajstić information content (AvgIpc) is 3.09. The molecule has 1 aromatic carbocycles. The molecule has 0 fully saturated rings. The molecule has 0 aliphatic carbocycles. The molecule has 0 aliphatic rings. The van der Waals surface area contributed by atoms with Gasteiger partial charge in [0.05, 0.1) is 31.5 Å². The van der Waals surface area contributed by atoms with Gasteiger partial charge in [-0.3, -0.25) is 0 Å². The van der Waals surface area contributed by atoms with Crippen LogP contribution in [0.25, 0.3) is 0 Å². The summed E-state index contributed by atoms with van der Waals surface area (Å²) in [4.78, 5) is 9.05. The Kier molecular flexibility index (Phi) is 6.85. The van der Waals surface area contributed by atoms with E-state index in [1.165, 1.54) is 0 Å². The molecule has 0 amide bonds. The van der Waals surface area contributed by atoms with Gasteiger partial charge in [-0.05, 0) is 17.7 Å². The Hall–Kier alpha value is -2.28. The van der Waals surface area contributed by atoms with Crippen LogP contribution in [0.4, 0.5) is 0 Å². The van der Waals surface area contributed by atoms with Gasteiger partial charge < -0.3 is 20.5 Å². The molecule has 2 rings (SSSR count). The average molecular weight is 377 g/mol. The summed E-state index contributed by atoms with van der Waals surface area (Å²) < 4.78 is 10.5. The Morgan fingerprint density at radius 2 is 1.96 bits per heavy atom. The maximum absolute atomic E-state index is 5.95. The number of rotatable bonds is 7. The van der Waals surface area contributed by atoms with Crippen molar-refractivity contribution in [2.45, 2.75) is 39.2 Å². The largest absolute Gasteiger partial charge is 0.493 e. The first kappa shape index (κ1) is 20.0. The smallest absolute Gasteiger partial charge is 0.188 e. The van der Waals surface area contributed by atoms with Crippen LogP contribution in [0.5, 0.6) is 11.5 Å². The van der Waals surface area contributed by atoms with Crippen LogP contribution in [-0.2, 0) is 18.4 Å². The third kappa shape index (κ3) is 5.62. The summed E-state index contributed by atoms with van der Waals surface area (Å²) >= 11 is 1.71.